The third kappa shape index (κ3) is 6.73. The summed E-state index contributed by atoms with van der Waals surface area (Å²) >= 11 is 7.09. The van der Waals surface area contributed by atoms with Crippen molar-refractivity contribution >= 4 is 46.6 Å². The molecule has 0 spiro atoms. The average Bonchev–Trinajstić information content (AvgIpc) is 3.15. The van der Waals surface area contributed by atoms with E-state index >= 15 is 0 Å². The maximum atomic E-state index is 12.9. The maximum Gasteiger partial charge on any atom is 0.416 e. The molecule has 1 aromatic heterocycles. The van der Waals surface area contributed by atoms with E-state index in [9.17, 15) is 22.8 Å². The molecule has 0 aliphatic rings. The van der Waals surface area contributed by atoms with Gasteiger partial charge in [0.1, 0.15) is 5.82 Å². The fraction of sp³-hybridized carbons (Fsp3) is 0.273. The van der Waals surface area contributed by atoms with E-state index in [0.29, 0.717) is 28.2 Å². The summed E-state index contributed by atoms with van der Waals surface area (Å²) in [4.78, 5) is 24.7. The Hall–Kier alpha value is -3.05. The van der Waals surface area contributed by atoms with Crippen molar-refractivity contribution in [2.45, 2.75) is 38.1 Å². The zero-order valence-electron chi connectivity index (χ0n) is 18.2. The van der Waals surface area contributed by atoms with E-state index in [1.807, 2.05) is 13.8 Å². The molecule has 2 amide bonds. The number of halogens is 4. The van der Waals surface area contributed by atoms with Crippen LogP contribution in [0, 0.1) is 6.92 Å². The van der Waals surface area contributed by atoms with Gasteiger partial charge in [0.25, 0.3) is 0 Å². The van der Waals surface area contributed by atoms with Crippen LogP contribution in [-0.4, -0.2) is 32.3 Å². The van der Waals surface area contributed by atoms with Gasteiger partial charge in [-0.05, 0) is 55.8 Å². The van der Waals surface area contributed by atoms with Crippen molar-refractivity contribution in [2.75, 3.05) is 16.4 Å². The Morgan fingerprint density at radius 2 is 1.85 bits per heavy atom. The molecule has 12 heteroatoms. The van der Waals surface area contributed by atoms with E-state index in [1.54, 1.807) is 22.8 Å². The van der Waals surface area contributed by atoms with Gasteiger partial charge in [-0.3, -0.25) is 9.59 Å². The second-order valence-electron chi connectivity index (χ2n) is 7.24. The topological polar surface area (TPSA) is 88.9 Å². The van der Waals surface area contributed by atoms with Crippen LogP contribution >= 0.6 is 23.4 Å². The fourth-order valence-corrected chi connectivity index (χ4v) is 4.13. The highest BCUT2D eigenvalue weighted by Crippen LogP contribution is 2.30. The summed E-state index contributed by atoms with van der Waals surface area (Å²) in [6, 6.07) is 9.53. The van der Waals surface area contributed by atoms with E-state index in [-0.39, 0.29) is 23.8 Å². The van der Waals surface area contributed by atoms with E-state index in [4.69, 9.17) is 11.6 Å². The zero-order chi connectivity index (χ0) is 24.9. The average molecular weight is 512 g/mol. The summed E-state index contributed by atoms with van der Waals surface area (Å²) in [7, 11) is 0. The molecule has 0 saturated carbocycles. The molecule has 180 valence electrons. The van der Waals surface area contributed by atoms with Gasteiger partial charge in [0, 0.05) is 22.9 Å². The molecule has 1 heterocycles. The Morgan fingerprint density at radius 1 is 1.09 bits per heavy atom. The van der Waals surface area contributed by atoms with Gasteiger partial charge >= 0.3 is 6.18 Å². The number of hydrogen-bond donors (Lipinski definition) is 2. The number of hydrogen-bond acceptors (Lipinski definition) is 5. The Morgan fingerprint density at radius 3 is 2.53 bits per heavy atom. The second kappa shape index (κ2) is 10.9. The molecule has 0 saturated heterocycles. The third-order valence-electron chi connectivity index (χ3n) is 4.70. The summed E-state index contributed by atoms with van der Waals surface area (Å²) in [5, 5.41) is 14.3. The third-order valence-corrected chi connectivity index (χ3v) is 5.90. The summed E-state index contributed by atoms with van der Waals surface area (Å²) in [5.74, 6) is -0.376. The molecule has 0 radical (unpaired) electrons. The highest BCUT2D eigenvalue weighted by Gasteiger charge is 2.30. The Balaban J connectivity index is 1.60. The van der Waals surface area contributed by atoms with Crippen molar-refractivity contribution in [3.63, 3.8) is 0 Å². The zero-order valence-corrected chi connectivity index (χ0v) is 19.8. The van der Waals surface area contributed by atoms with E-state index in [2.05, 4.69) is 20.8 Å². The highest BCUT2D eigenvalue weighted by molar-refractivity contribution is 7.99. The maximum absolute atomic E-state index is 12.9. The first kappa shape index (κ1) is 25.6. The first-order valence-corrected chi connectivity index (χ1v) is 11.5. The number of anilines is 2. The lowest BCUT2D eigenvalue weighted by atomic mass is 10.2. The lowest BCUT2D eigenvalue weighted by Crippen LogP contribution is -2.18. The molecule has 2 N–H and O–H groups in total. The number of alkyl halides is 3. The molecule has 7 nitrogen and oxygen atoms in total. The van der Waals surface area contributed by atoms with E-state index < -0.39 is 17.6 Å². The molecular formula is C22H21ClF3N5O2S. The minimum Gasteiger partial charge on any atom is -0.326 e. The fourth-order valence-electron chi connectivity index (χ4n) is 3.08. The smallest absolute Gasteiger partial charge is 0.326 e. The standard InChI is InChI=1S/C22H21ClF3N5O2S/c1-3-31-18(11-19(32)27-16-6-4-5-14(10-16)22(24,25)26)29-30-21(31)34-12-20(33)28-17-8-7-15(23)9-13(17)2/h4-10H,3,11-12H2,1-2H3,(H,27,32)(H,28,33). The second-order valence-corrected chi connectivity index (χ2v) is 8.62. The largest absolute Gasteiger partial charge is 0.416 e. The van der Waals surface area contributed by atoms with Crippen LogP contribution in [-0.2, 0) is 28.7 Å². The number of nitrogens with one attached hydrogen (secondary N) is 2. The van der Waals surface area contributed by atoms with Gasteiger partial charge in [-0.2, -0.15) is 13.2 Å². The van der Waals surface area contributed by atoms with E-state index in [0.717, 1.165) is 29.5 Å². The number of rotatable bonds is 8. The minimum atomic E-state index is -4.51. The molecule has 34 heavy (non-hydrogen) atoms. The van der Waals surface area contributed by atoms with Gasteiger partial charge in [-0.15, -0.1) is 10.2 Å². The number of aromatic nitrogens is 3. The molecule has 0 aliphatic carbocycles. The molecule has 3 rings (SSSR count). The van der Waals surface area contributed by atoms with Crippen molar-refractivity contribution in [1.29, 1.82) is 0 Å². The van der Waals surface area contributed by atoms with Crippen LogP contribution in [0.15, 0.2) is 47.6 Å². The van der Waals surface area contributed by atoms with Crippen molar-refractivity contribution in [2.24, 2.45) is 0 Å². The molecular weight excluding hydrogens is 491 g/mol. The van der Waals surface area contributed by atoms with Gasteiger partial charge in [0.2, 0.25) is 11.8 Å². The lowest BCUT2D eigenvalue weighted by Gasteiger charge is -2.11. The molecule has 0 fully saturated rings. The monoisotopic (exact) mass is 511 g/mol. The number of aryl methyl sites for hydroxylation is 1. The van der Waals surface area contributed by atoms with Crippen molar-refractivity contribution < 1.29 is 22.8 Å². The van der Waals surface area contributed by atoms with Gasteiger partial charge in [-0.25, -0.2) is 0 Å². The SMILES string of the molecule is CCn1c(CC(=O)Nc2cccc(C(F)(F)F)c2)nnc1SCC(=O)Nc1ccc(Cl)cc1C. The van der Waals surface area contributed by atoms with Gasteiger partial charge < -0.3 is 15.2 Å². The van der Waals surface area contributed by atoms with Crippen LogP contribution < -0.4 is 10.6 Å². The van der Waals surface area contributed by atoms with Crippen LogP contribution in [0.5, 0.6) is 0 Å². The molecule has 0 unspecified atom stereocenters. The van der Waals surface area contributed by atoms with Crippen LogP contribution in [0.25, 0.3) is 0 Å². The minimum absolute atomic E-state index is 0.0335. The number of benzene rings is 2. The predicted molar refractivity (Wildman–Crippen MR) is 125 cm³/mol. The van der Waals surface area contributed by atoms with Crippen molar-refractivity contribution in [3.05, 3.63) is 64.4 Å². The van der Waals surface area contributed by atoms with Crippen molar-refractivity contribution in [1.82, 2.24) is 14.8 Å². The van der Waals surface area contributed by atoms with E-state index in [1.165, 1.54) is 12.1 Å². The first-order valence-electron chi connectivity index (χ1n) is 10.1. The Kier molecular flexibility index (Phi) is 8.21. The highest BCUT2D eigenvalue weighted by atomic mass is 35.5. The first-order chi connectivity index (χ1) is 16.1. The van der Waals surface area contributed by atoms with Gasteiger partial charge in [0.15, 0.2) is 5.16 Å². The number of amides is 2. The molecule has 2 aromatic carbocycles. The predicted octanol–water partition coefficient (Wildman–Crippen LogP) is 5.19. The number of thioether (sulfide) groups is 1. The summed E-state index contributed by atoms with van der Waals surface area (Å²) in [6.07, 6.45) is -4.69. The summed E-state index contributed by atoms with van der Waals surface area (Å²) < 4.78 is 40.3. The lowest BCUT2D eigenvalue weighted by molar-refractivity contribution is -0.137. The number of carbonyl (C=O) groups is 2. The van der Waals surface area contributed by atoms with Crippen LogP contribution in [0.2, 0.25) is 5.02 Å². The molecule has 0 bridgehead atoms. The molecule has 3 aromatic rings. The van der Waals surface area contributed by atoms with Crippen LogP contribution in [0.3, 0.4) is 0 Å². The van der Waals surface area contributed by atoms with Crippen LogP contribution in [0.1, 0.15) is 23.9 Å². The van der Waals surface area contributed by atoms with Gasteiger partial charge in [0.05, 0.1) is 17.7 Å². The number of nitrogens with zero attached hydrogens (tertiary/aromatic N) is 3. The summed E-state index contributed by atoms with van der Waals surface area (Å²) in [6.45, 7) is 4.11. The Labute approximate surface area is 203 Å². The number of carbonyl (C=O) groups excluding carboxylic acids is 2. The van der Waals surface area contributed by atoms with Crippen LogP contribution in [0.4, 0.5) is 24.5 Å². The molecule has 0 aliphatic heterocycles. The van der Waals surface area contributed by atoms with Crippen molar-refractivity contribution in [3.8, 4) is 0 Å². The normalized spacial score (nSPS) is 11.4. The Bertz CT molecular complexity index is 1200. The van der Waals surface area contributed by atoms with Gasteiger partial charge in [-0.1, -0.05) is 29.4 Å². The molecule has 0 atom stereocenters. The summed E-state index contributed by atoms with van der Waals surface area (Å²) in [5.41, 5.74) is 0.662. The quantitative estimate of drug-likeness (QED) is 0.406.